The molecule has 3 rings (SSSR count). The molecular formula is C28H37NO4. The number of hydrogen-bond donors (Lipinski definition) is 1. The van der Waals surface area contributed by atoms with Gasteiger partial charge in [0.05, 0.1) is 5.41 Å². The van der Waals surface area contributed by atoms with E-state index in [9.17, 15) is 9.59 Å². The lowest BCUT2D eigenvalue weighted by atomic mass is 9.92. The Balaban J connectivity index is 1.74. The lowest BCUT2D eigenvalue weighted by Gasteiger charge is -2.28. The first-order chi connectivity index (χ1) is 15.4. The summed E-state index contributed by atoms with van der Waals surface area (Å²) in [6, 6.07) is 18.3. The number of hydrogen-bond acceptors (Lipinski definition) is 4. The molecule has 1 amide bonds. The van der Waals surface area contributed by atoms with Gasteiger partial charge < -0.3 is 14.8 Å². The standard InChI is InChI=1S/C28H37NO4/c1-26(2,3)32-24(30)28(16-17-28)19-23(29-25(31)33-27(4,5)6)18-20-12-14-22(15-13-20)21-10-8-7-9-11-21/h7-15,23H,16-19H2,1-6H3,(H,29,31)/t23-/m0/s1. The Hall–Kier alpha value is -2.82. The van der Waals surface area contributed by atoms with Gasteiger partial charge in [0.2, 0.25) is 0 Å². The molecule has 0 bridgehead atoms. The number of carbonyl (C=O) groups excluding carboxylic acids is 2. The second-order valence-corrected chi connectivity index (χ2v) is 11.1. The van der Waals surface area contributed by atoms with Crippen LogP contribution in [0.5, 0.6) is 0 Å². The zero-order valence-corrected chi connectivity index (χ0v) is 20.7. The monoisotopic (exact) mass is 451 g/mol. The number of carbonyl (C=O) groups is 2. The fourth-order valence-corrected chi connectivity index (χ4v) is 3.90. The van der Waals surface area contributed by atoms with Crippen LogP contribution in [0.4, 0.5) is 4.79 Å². The maximum Gasteiger partial charge on any atom is 0.407 e. The Labute approximate surface area is 197 Å². The van der Waals surface area contributed by atoms with E-state index in [4.69, 9.17) is 9.47 Å². The van der Waals surface area contributed by atoms with E-state index in [0.717, 1.165) is 29.5 Å². The fourth-order valence-electron chi connectivity index (χ4n) is 3.90. The van der Waals surface area contributed by atoms with Gasteiger partial charge in [-0.2, -0.15) is 0 Å². The predicted molar refractivity (Wildman–Crippen MR) is 131 cm³/mol. The van der Waals surface area contributed by atoms with Crippen LogP contribution >= 0.6 is 0 Å². The third-order valence-electron chi connectivity index (χ3n) is 5.59. The van der Waals surface area contributed by atoms with Gasteiger partial charge in [0.15, 0.2) is 0 Å². The Kier molecular flexibility index (Phi) is 7.20. The average Bonchev–Trinajstić information content (AvgIpc) is 3.47. The van der Waals surface area contributed by atoms with Crippen LogP contribution in [0.15, 0.2) is 54.6 Å². The van der Waals surface area contributed by atoms with Gasteiger partial charge in [0, 0.05) is 6.04 Å². The molecule has 1 saturated carbocycles. The minimum absolute atomic E-state index is 0.176. The van der Waals surface area contributed by atoms with Crippen LogP contribution in [0.25, 0.3) is 11.1 Å². The molecule has 1 aliphatic rings. The van der Waals surface area contributed by atoms with Crippen LogP contribution in [0.3, 0.4) is 0 Å². The van der Waals surface area contributed by atoms with E-state index in [-0.39, 0.29) is 12.0 Å². The van der Waals surface area contributed by atoms with E-state index in [2.05, 4.69) is 41.7 Å². The number of amides is 1. The van der Waals surface area contributed by atoms with E-state index in [1.807, 2.05) is 59.7 Å². The molecule has 0 aliphatic heterocycles. The van der Waals surface area contributed by atoms with Gasteiger partial charge in [-0.3, -0.25) is 4.79 Å². The number of alkyl carbamates (subject to hydrolysis) is 1. The molecule has 178 valence electrons. The van der Waals surface area contributed by atoms with Crippen LogP contribution in [0.1, 0.15) is 66.4 Å². The first-order valence-corrected chi connectivity index (χ1v) is 11.7. The highest BCUT2D eigenvalue weighted by Crippen LogP contribution is 2.51. The Morgan fingerprint density at radius 3 is 1.91 bits per heavy atom. The Morgan fingerprint density at radius 2 is 1.39 bits per heavy atom. The highest BCUT2D eigenvalue weighted by molar-refractivity contribution is 5.80. The van der Waals surface area contributed by atoms with E-state index >= 15 is 0 Å². The van der Waals surface area contributed by atoms with Crippen molar-refractivity contribution in [3.63, 3.8) is 0 Å². The van der Waals surface area contributed by atoms with Crippen molar-refractivity contribution < 1.29 is 19.1 Å². The molecule has 1 aliphatic carbocycles. The molecule has 1 N–H and O–H groups in total. The van der Waals surface area contributed by atoms with Gasteiger partial charge in [0.1, 0.15) is 11.2 Å². The molecule has 0 radical (unpaired) electrons. The van der Waals surface area contributed by atoms with Crippen LogP contribution in [-0.2, 0) is 20.7 Å². The van der Waals surface area contributed by atoms with Gasteiger partial charge in [-0.15, -0.1) is 0 Å². The highest BCUT2D eigenvalue weighted by atomic mass is 16.6. The number of benzene rings is 2. The van der Waals surface area contributed by atoms with Gasteiger partial charge >= 0.3 is 12.1 Å². The molecule has 0 heterocycles. The third kappa shape index (κ3) is 7.62. The van der Waals surface area contributed by atoms with Gasteiger partial charge in [-0.25, -0.2) is 4.79 Å². The summed E-state index contributed by atoms with van der Waals surface area (Å²) in [5.74, 6) is -0.176. The summed E-state index contributed by atoms with van der Waals surface area (Å²) in [5.41, 5.74) is 1.74. The summed E-state index contributed by atoms with van der Waals surface area (Å²) in [6.45, 7) is 11.2. The maximum atomic E-state index is 12.9. The Bertz CT molecular complexity index is 948. The zero-order chi connectivity index (χ0) is 24.3. The van der Waals surface area contributed by atoms with Crippen molar-refractivity contribution in [1.29, 1.82) is 0 Å². The zero-order valence-electron chi connectivity index (χ0n) is 20.7. The molecule has 1 atom stereocenters. The predicted octanol–water partition coefficient (Wildman–Crippen LogP) is 6.30. The molecule has 0 saturated heterocycles. The summed E-state index contributed by atoms with van der Waals surface area (Å²) in [4.78, 5) is 25.4. The lowest BCUT2D eigenvalue weighted by molar-refractivity contribution is -0.162. The normalized spacial score (nSPS) is 15.9. The molecule has 5 heteroatoms. The summed E-state index contributed by atoms with van der Waals surface area (Å²) in [5, 5.41) is 3.01. The number of esters is 1. The van der Waals surface area contributed by atoms with Crippen molar-refractivity contribution in [2.75, 3.05) is 0 Å². The average molecular weight is 452 g/mol. The Morgan fingerprint density at radius 1 is 0.848 bits per heavy atom. The topological polar surface area (TPSA) is 64.6 Å². The van der Waals surface area contributed by atoms with Gasteiger partial charge in [-0.1, -0.05) is 54.6 Å². The van der Waals surface area contributed by atoms with Crippen molar-refractivity contribution in [2.45, 2.75) is 84.5 Å². The summed E-state index contributed by atoms with van der Waals surface area (Å²) in [7, 11) is 0. The van der Waals surface area contributed by atoms with Crippen LogP contribution in [-0.4, -0.2) is 29.3 Å². The molecule has 33 heavy (non-hydrogen) atoms. The fraction of sp³-hybridized carbons (Fsp3) is 0.500. The minimum atomic E-state index is -0.589. The first kappa shape index (κ1) is 24.8. The lowest BCUT2D eigenvalue weighted by Crippen LogP contribution is -2.43. The van der Waals surface area contributed by atoms with Crippen molar-refractivity contribution in [2.24, 2.45) is 5.41 Å². The summed E-state index contributed by atoms with van der Waals surface area (Å²) >= 11 is 0. The molecule has 2 aromatic carbocycles. The molecular weight excluding hydrogens is 414 g/mol. The number of nitrogens with one attached hydrogen (secondary N) is 1. The van der Waals surface area contributed by atoms with Crippen LogP contribution in [0, 0.1) is 5.41 Å². The summed E-state index contributed by atoms with van der Waals surface area (Å²) < 4.78 is 11.2. The van der Waals surface area contributed by atoms with Gasteiger partial charge in [-0.05, 0) is 83.9 Å². The number of ether oxygens (including phenoxy) is 2. The second-order valence-electron chi connectivity index (χ2n) is 11.1. The highest BCUT2D eigenvalue weighted by Gasteiger charge is 2.53. The van der Waals surface area contributed by atoms with E-state index in [0.29, 0.717) is 12.8 Å². The van der Waals surface area contributed by atoms with Crippen molar-refractivity contribution >= 4 is 12.1 Å². The van der Waals surface area contributed by atoms with E-state index in [1.54, 1.807) is 0 Å². The molecule has 2 aromatic rings. The van der Waals surface area contributed by atoms with Crippen LogP contribution < -0.4 is 5.32 Å². The smallest absolute Gasteiger partial charge is 0.407 e. The van der Waals surface area contributed by atoms with Crippen molar-refractivity contribution in [1.82, 2.24) is 5.32 Å². The molecule has 0 unspecified atom stereocenters. The van der Waals surface area contributed by atoms with Crippen molar-refractivity contribution in [3.05, 3.63) is 60.2 Å². The second kappa shape index (κ2) is 9.58. The van der Waals surface area contributed by atoms with Gasteiger partial charge in [0.25, 0.3) is 0 Å². The van der Waals surface area contributed by atoms with E-state index < -0.39 is 22.7 Å². The summed E-state index contributed by atoms with van der Waals surface area (Å²) in [6.07, 6.45) is 2.23. The van der Waals surface area contributed by atoms with Crippen LogP contribution in [0.2, 0.25) is 0 Å². The SMILES string of the molecule is CC(C)(C)OC(=O)N[C@@H](Cc1ccc(-c2ccccc2)cc1)CC1(C(=O)OC(C)(C)C)CC1. The molecule has 1 fully saturated rings. The molecule has 0 aromatic heterocycles. The molecule has 0 spiro atoms. The minimum Gasteiger partial charge on any atom is -0.460 e. The van der Waals surface area contributed by atoms with Crippen molar-refractivity contribution in [3.8, 4) is 11.1 Å². The quantitative estimate of drug-likeness (QED) is 0.502. The third-order valence-corrected chi connectivity index (χ3v) is 5.59. The van der Waals surface area contributed by atoms with E-state index in [1.165, 1.54) is 0 Å². The molecule has 5 nitrogen and oxygen atoms in total. The largest absolute Gasteiger partial charge is 0.460 e. The maximum absolute atomic E-state index is 12.9. The number of rotatable bonds is 7. The first-order valence-electron chi connectivity index (χ1n) is 11.7.